The summed E-state index contributed by atoms with van der Waals surface area (Å²) < 4.78 is 18.2. The minimum Gasteiger partial charge on any atom is -0.464 e. The molecule has 1 aromatic rings. The zero-order valence-corrected chi connectivity index (χ0v) is 9.71. The fourth-order valence-electron chi connectivity index (χ4n) is 1.31. The monoisotopic (exact) mass is 225 g/mol. The molecule has 0 spiro atoms. The lowest BCUT2D eigenvalue weighted by molar-refractivity contribution is -0.149. The fraction of sp³-hybridized carbons (Fsp3) is 0.417. The second-order valence-corrected chi connectivity index (χ2v) is 3.89. The van der Waals surface area contributed by atoms with Crippen molar-refractivity contribution >= 4 is 5.97 Å². The van der Waals surface area contributed by atoms with E-state index in [0.29, 0.717) is 11.1 Å². The summed E-state index contributed by atoms with van der Waals surface area (Å²) in [5, 5.41) is 0. The number of rotatable bonds is 3. The van der Waals surface area contributed by atoms with Crippen LogP contribution in [0.1, 0.15) is 25.0 Å². The molecule has 0 heterocycles. The van der Waals surface area contributed by atoms with Gasteiger partial charge in [0, 0.05) is 0 Å². The maximum atomic E-state index is 13.4. The van der Waals surface area contributed by atoms with E-state index in [1.54, 1.807) is 26.0 Å². The fourth-order valence-corrected chi connectivity index (χ4v) is 1.31. The summed E-state index contributed by atoms with van der Waals surface area (Å²) in [4.78, 5) is 11.6. The van der Waals surface area contributed by atoms with Crippen molar-refractivity contribution in [2.75, 3.05) is 6.61 Å². The number of carbonyl (C=O) groups is 1. The molecule has 0 saturated carbocycles. The first-order chi connectivity index (χ1) is 7.39. The summed E-state index contributed by atoms with van der Waals surface area (Å²) in [7, 11) is 0. The van der Waals surface area contributed by atoms with Crippen molar-refractivity contribution in [3.05, 3.63) is 35.1 Å². The van der Waals surface area contributed by atoms with Crippen molar-refractivity contribution in [2.24, 2.45) is 5.73 Å². The Kier molecular flexibility index (Phi) is 3.65. The number of hydrogen-bond acceptors (Lipinski definition) is 3. The number of carbonyl (C=O) groups excluding carboxylic acids is 1. The molecule has 4 heteroatoms. The molecule has 16 heavy (non-hydrogen) atoms. The molecular weight excluding hydrogens is 209 g/mol. The average Bonchev–Trinajstić information content (AvgIpc) is 2.22. The molecule has 0 aliphatic heterocycles. The van der Waals surface area contributed by atoms with Crippen molar-refractivity contribution in [1.82, 2.24) is 0 Å². The molecule has 0 fully saturated rings. The lowest BCUT2D eigenvalue weighted by Gasteiger charge is -2.22. The molecule has 88 valence electrons. The zero-order chi connectivity index (χ0) is 12.3. The maximum Gasteiger partial charge on any atom is 0.330 e. The molecule has 0 aliphatic rings. The predicted octanol–water partition coefficient (Wildman–Crippen LogP) is 1.87. The number of benzene rings is 1. The van der Waals surface area contributed by atoms with Crippen LogP contribution >= 0.6 is 0 Å². The number of aryl methyl sites for hydroxylation is 1. The summed E-state index contributed by atoms with van der Waals surface area (Å²) in [6.07, 6.45) is 0. The van der Waals surface area contributed by atoms with Gasteiger partial charge in [-0.3, -0.25) is 0 Å². The quantitative estimate of drug-likeness (QED) is 0.799. The SMILES string of the molecule is CCOC(=O)C(C)(N)c1ccc(C)c(F)c1. The van der Waals surface area contributed by atoms with Gasteiger partial charge in [0.2, 0.25) is 0 Å². The number of nitrogens with two attached hydrogens (primary N) is 1. The van der Waals surface area contributed by atoms with E-state index in [1.165, 1.54) is 13.0 Å². The Balaban J connectivity index is 3.06. The largest absolute Gasteiger partial charge is 0.464 e. The van der Waals surface area contributed by atoms with Gasteiger partial charge < -0.3 is 10.5 Å². The molecule has 0 amide bonds. The standard InChI is InChI=1S/C12H16FNO2/c1-4-16-11(15)12(3,14)9-6-5-8(2)10(13)7-9/h5-7H,4,14H2,1-3H3. The minimum absolute atomic E-state index is 0.250. The van der Waals surface area contributed by atoms with Crippen LogP contribution in [-0.4, -0.2) is 12.6 Å². The van der Waals surface area contributed by atoms with E-state index < -0.39 is 11.5 Å². The van der Waals surface area contributed by atoms with E-state index in [2.05, 4.69) is 0 Å². The van der Waals surface area contributed by atoms with Crippen molar-refractivity contribution < 1.29 is 13.9 Å². The molecule has 0 bridgehead atoms. The first-order valence-electron chi connectivity index (χ1n) is 5.12. The molecule has 0 aromatic heterocycles. The molecule has 1 unspecified atom stereocenters. The van der Waals surface area contributed by atoms with E-state index in [1.807, 2.05) is 0 Å². The lowest BCUT2D eigenvalue weighted by Crippen LogP contribution is -2.43. The second kappa shape index (κ2) is 4.61. The van der Waals surface area contributed by atoms with Crippen LogP contribution in [-0.2, 0) is 15.1 Å². The smallest absolute Gasteiger partial charge is 0.330 e. The van der Waals surface area contributed by atoms with E-state index in [4.69, 9.17) is 10.5 Å². The lowest BCUT2D eigenvalue weighted by atomic mass is 9.92. The molecule has 0 radical (unpaired) electrons. The summed E-state index contributed by atoms with van der Waals surface area (Å²) in [6.45, 7) is 5.11. The van der Waals surface area contributed by atoms with Crippen molar-refractivity contribution in [1.29, 1.82) is 0 Å². The first-order valence-corrected chi connectivity index (χ1v) is 5.12. The third kappa shape index (κ3) is 2.39. The van der Waals surface area contributed by atoms with Crippen LogP contribution in [0, 0.1) is 12.7 Å². The van der Waals surface area contributed by atoms with E-state index in [9.17, 15) is 9.18 Å². The Morgan fingerprint density at radius 2 is 2.19 bits per heavy atom. The highest BCUT2D eigenvalue weighted by atomic mass is 19.1. The first kappa shape index (κ1) is 12.6. The molecule has 2 N–H and O–H groups in total. The molecule has 1 aromatic carbocycles. The Hall–Kier alpha value is -1.42. The van der Waals surface area contributed by atoms with Gasteiger partial charge >= 0.3 is 5.97 Å². The van der Waals surface area contributed by atoms with Gasteiger partial charge in [-0.15, -0.1) is 0 Å². The maximum absolute atomic E-state index is 13.4. The average molecular weight is 225 g/mol. The van der Waals surface area contributed by atoms with Crippen molar-refractivity contribution in [3.8, 4) is 0 Å². The highest BCUT2D eigenvalue weighted by Crippen LogP contribution is 2.21. The van der Waals surface area contributed by atoms with E-state index in [-0.39, 0.29) is 12.4 Å². The van der Waals surface area contributed by atoms with Gasteiger partial charge in [-0.05, 0) is 38.0 Å². The van der Waals surface area contributed by atoms with E-state index in [0.717, 1.165) is 0 Å². The zero-order valence-electron chi connectivity index (χ0n) is 9.71. The molecule has 0 saturated heterocycles. The molecule has 0 aliphatic carbocycles. The van der Waals surface area contributed by atoms with Gasteiger partial charge in [0.25, 0.3) is 0 Å². The van der Waals surface area contributed by atoms with Crippen LogP contribution in [0.4, 0.5) is 4.39 Å². The van der Waals surface area contributed by atoms with Crippen molar-refractivity contribution in [3.63, 3.8) is 0 Å². The van der Waals surface area contributed by atoms with Crippen LogP contribution in [0.25, 0.3) is 0 Å². The Bertz CT molecular complexity index is 402. The van der Waals surface area contributed by atoms with Crippen LogP contribution < -0.4 is 5.73 Å². The van der Waals surface area contributed by atoms with Gasteiger partial charge in [-0.1, -0.05) is 12.1 Å². The third-order valence-corrected chi connectivity index (χ3v) is 2.47. The molecule has 1 rings (SSSR count). The van der Waals surface area contributed by atoms with E-state index >= 15 is 0 Å². The van der Waals surface area contributed by atoms with Crippen LogP contribution in [0.3, 0.4) is 0 Å². The van der Waals surface area contributed by atoms with Crippen LogP contribution in [0.15, 0.2) is 18.2 Å². The number of hydrogen-bond donors (Lipinski definition) is 1. The van der Waals surface area contributed by atoms with Gasteiger partial charge in [0.05, 0.1) is 6.61 Å². The highest BCUT2D eigenvalue weighted by Gasteiger charge is 2.32. The minimum atomic E-state index is -1.31. The molecule has 1 atom stereocenters. The number of ether oxygens (including phenoxy) is 1. The Morgan fingerprint density at radius 1 is 1.56 bits per heavy atom. The summed E-state index contributed by atoms with van der Waals surface area (Å²) in [6, 6.07) is 4.50. The van der Waals surface area contributed by atoms with Gasteiger partial charge in [0.1, 0.15) is 11.4 Å². The topological polar surface area (TPSA) is 52.3 Å². The molecule has 3 nitrogen and oxygen atoms in total. The van der Waals surface area contributed by atoms with Crippen molar-refractivity contribution in [2.45, 2.75) is 26.3 Å². The number of esters is 1. The van der Waals surface area contributed by atoms with Crippen LogP contribution in [0.2, 0.25) is 0 Å². The highest BCUT2D eigenvalue weighted by molar-refractivity contribution is 5.81. The Labute approximate surface area is 94.4 Å². The van der Waals surface area contributed by atoms with Gasteiger partial charge in [-0.2, -0.15) is 0 Å². The summed E-state index contributed by atoms with van der Waals surface area (Å²) >= 11 is 0. The second-order valence-electron chi connectivity index (χ2n) is 3.89. The summed E-state index contributed by atoms with van der Waals surface area (Å²) in [5.41, 5.74) is 5.46. The molecular formula is C12H16FNO2. The number of halogens is 1. The van der Waals surface area contributed by atoms with Gasteiger partial charge in [0.15, 0.2) is 0 Å². The van der Waals surface area contributed by atoms with Gasteiger partial charge in [-0.25, -0.2) is 9.18 Å². The predicted molar refractivity (Wildman–Crippen MR) is 59.3 cm³/mol. The van der Waals surface area contributed by atoms with Crippen LogP contribution in [0.5, 0.6) is 0 Å². The summed E-state index contributed by atoms with van der Waals surface area (Å²) in [5.74, 6) is -0.934. The normalized spacial score (nSPS) is 14.3. The Morgan fingerprint density at radius 3 is 2.69 bits per heavy atom. The third-order valence-electron chi connectivity index (χ3n) is 2.47.